The van der Waals surface area contributed by atoms with Gasteiger partial charge in [0.1, 0.15) is 5.75 Å². The second kappa shape index (κ2) is 6.57. The summed E-state index contributed by atoms with van der Waals surface area (Å²) in [5.74, 6) is 0.958. The van der Waals surface area contributed by atoms with Gasteiger partial charge in [-0.2, -0.15) is 0 Å². The minimum Gasteiger partial charge on any atom is -0.488 e. The zero-order valence-corrected chi connectivity index (χ0v) is 13.3. The van der Waals surface area contributed by atoms with Gasteiger partial charge in [-0.25, -0.2) is 0 Å². The summed E-state index contributed by atoms with van der Waals surface area (Å²) in [4.78, 5) is 4.65. The maximum atomic E-state index is 6.20. The molecule has 0 amide bonds. The molecule has 1 fully saturated rings. The van der Waals surface area contributed by atoms with Gasteiger partial charge in [0.25, 0.3) is 0 Å². The molecule has 1 aliphatic carbocycles. The lowest BCUT2D eigenvalue weighted by Crippen LogP contribution is -2.35. The highest BCUT2D eigenvalue weighted by Gasteiger charge is 2.18. The van der Waals surface area contributed by atoms with Crippen molar-refractivity contribution in [2.24, 2.45) is 0 Å². The zero-order chi connectivity index (χ0) is 14.6. The van der Waals surface area contributed by atoms with Crippen LogP contribution in [0, 0.1) is 6.92 Å². The van der Waals surface area contributed by atoms with Crippen LogP contribution < -0.4 is 10.1 Å². The SMILES string of the molecule is Cc1ccc(OC2CCCCC2)c(CNC(C)(C)C)n1. The fraction of sp³-hybridized carbons (Fsp3) is 0.706. The Hall–Kier alpha value is -1.09. The monoisotopic (exact) mass is 276 g/mol. The normalized spacial score (nSPS) is 17.2. The van der Waals surface area contributed by atoms with Crippen LogP contribution in [0.4, 0.5) is 0 Å². The van der Waals surface area contributed by atoms with E-state index in [4.69, 9.17) is 4.74 Å². The molecule has 0 bridgehead atoms. The highest BCUT2D eigenvalue weighted by Crippen LogP contribution is 2.25. The maximum Gasteiger partial charge on any atom is 0.142 e. The standard InChI is InChI=1S/C17H28N2O/c1-13-10-11-16(20-14-8-6-5-7-9-14)15(19-13)12-18-17(2,3)4/h10-11,14,18H,5-9,12H2,1-4H3. The Bertz CT molecular complexity index is 431. The Morgan fingerprint density at radius 2 is 1.90 bits per heavy atom. The fourth-order valence-corrected chi connectivity index (χ4v) is 2.54. The van der Waals surface area contributed by atoms with Gasteiger partial charge >= 0.3 is 0 Å². The number of nitrogens with one attached hydrogen (secondary N) is 1. The largest absolute Gasteiger partial charge is 0.488 e. The Morgan fingerprint density at radius 1 is 1.20 bits per heavy atom. The first-order valence-corrected chi connectivity index (χ1v) is 7.82. The molecule has 1 aromatic heterocycles. The summed E-state index contributed by atoms with van der Waals surface area (Å²) in [5.41, 5.74) is 2.17. The van der Waals surface area contributed by atoms with Gasteiger partial charge in [0.15, 0.2) is 0 Å². The van der Waals surface area contributed by atoms with Gasteiger partial charge < -0.3 is 10.1 Å². The van der Waals surface area contributed by atoms with Crippen LogP contribution in [0.5, 0.6) is 5.75 Å². The zero-order valence-electron chi connectivity index (χ0n) is 13.3. The molecular weight excluding hydrogens is 248 g/mol. The minimum atomic E-state index is 0.0908. The number of nitrogens with zero attached hydrogens (tertiary/aromatic N) is 1. The average Bonchev–Trinajstić information content (AvgIpc) is 2.39. The van der Waals surface area contributed by atoms with Gasteiger partial charge in [-0.05, 0) is 65.5 Å². The number of aromatic nitrogens is 1. The third-order valence-corrected chi connectivity index (χ3v) is 3.70. The molecule has 0 radical (unpaired) electrons. The third kappa shape index (κ3) is 4.78. The van der Waals surface area contributed by atoms with E-state index in [1.807, 2.05) is 13.0 Å². The molecule has 0 unspecified atom stereocenters. The van der Waals surface area contributed by atoms with Gasteiger partial charge in [0, 0.05) is 17.8 Å². The predicted molar refractivity (Wildman–Crippen MR) is 83.1 cm³/mol. The van der Waals surface area contributed by atoms with E-state index in [1.165, 1.54) is 32.1 Å². The van der Waals surface area contributed by atoms with E-state index in [9.17, 15) is 0 Å². The van der Waals surface area contributed by atoms with Crippen molar-refractivity contribution in [3.8, 4) is 5.75 Å². The first kappa shape index (κ1) is 15.3. The van der Waals surface area contributed by atoms with Crippen molar-refractivity contribution in [1.82, 2.24) is 10.3 Å². The highest BCUT2D eigenvalue weighted by atomic mass is 16.5. The number of rotatable bonds is 4. The fourth-order valence-electron chi connectivity index (χ4n) is 2.54. The van der Waals surface area contributed by atoms with Crippen LogP contribution in [0.3, 0.4) is 0 Å². The molecule has 0 aliphatic heterocycles. The molecule has 3 heteroatoms. The average molecular weight is 276 g/mol. The molecule has 112 valence electrons. The number of hydrogen-bond donors (Lipinski definition) is 1. The molecule has 3 nitrogen and oxygen atoms in total. The van der Waals surface area contributed by atoms with Crippen LogP contribution in [-0.2, 0) is 6.54 Å². The van der Waals surface area contributed by atoms with Gasteiger partial charge in [-0.3, -0.25) is 4.98 Å². The number of pyridine rings is 1. The Kier molecular flexibility index (Phi) is 5.03. The van der Waals surface area contributed by atoms with Crippen molar-refractivity contribution < 1.29 is 4.74 Å². The lowest BCUT2D eigenvalue weighted by molar-refractivity contribution is 0.152. The minimum absolute atomic E-state index is 0.0908. The molecule has 0 aromatic carbocycles. The van der Waals surface area contributed by atoms with Crippen LogP contribution >= 0.6 is 0 Å². The van der Waals surface area contributed by atoms with Crippen LogP contribution in [0.25, 0.3) is 0 Å². The van der Waals surface area contributed by atoms with Crippen LogP contribution in [0.1, 0.15) is 64.3 Å². The van der Waals surface area contributed by atoms with Crippen LogP contribution in [0.2, 0.25) is 0 Å². The molecule has 2 rings (SSSR count). The summed E-state index contributed by atoms with van der Waals surface area (Å²) >= 11 is 0. The first-order valence-electron chi connectivity index (χ1n) is 7.82. The molecule has 0 atom stereocenters. The summed E-state index contributed by atoms with van der Waals surface area (Å²) in [7, 11) is 0. The quantitative estimate of drug-likeness (QED) is 0.903. The number of aryl methyl sites for hydroxylation is 1. The Morgan fingerprint density at radius 3 is 2.55 bits per heavy atom. The van der Waals surface area contributed by atoms with E-state index in [0.717, 1.165) is 23.7 Å². The van der Waals surface area contributed by atoms with E-state index >= 15 is 0 Å². The summed E-state index contributed by atoms with van der Waals surface area (Å²) in [6.45, 7) is 9.30. The van der Waals surface area contributed by atoms with Crippen molar-refractivity contribution in [3.63, 3.8) is 0 Å². The molecular formula is C17H28N2O. The van der Waals surface area contributed by atoms with Crippen molar-refractivity contribution in [1.29, 1.82) is 0 Å². The van der Waals surface area contributed by atoms with E-state index < -0.39 is 0 Å². The van der Waals surface area contributed by atoms with Gasteiger partial charge in [0.05, 0.1) is 11.8 Å². The highest BCUT2D eigenvalue weighted by molar-refractivity contribution is 5.29. The van der Waals surface area contributed by atoms with Crippen molar-refractivity contribution in [2.75, 3.05) is 0 Å². The Labute approximate surface area is 123 Å². The summed E-state index contributed by atoms with van der Waals surface area (Å²) < 4.78 is 6.20. The van der Waals surface area contributed by atoms with Crippen molar-refractivity contribution >= 4 is 0 Å². The Balaban J connectivity index is 2.06. The van der Waals surface area contributed by atoms with Crippen LogP contribution in [0.15, 0.2) is 12.1 Å². The number of hydrogen-bond acceptors (Lipinski definition) is 3. The summed E-state index contributed by atoms with van der Waals surface area (Å²) in [6, 6.07) is 4.12. The lowest BCUT2D eigenvalue weighted by Gasteiger charge is -2.25. The molecule has 1 saturated carbocycles. The van der Waals surface area contributed by atoms with Crippen LogP contribution in [-0.4, -0.2) is 16.6 Å². The molecule has 1 aliphatic rings. The second-order valence-corrected chi connectivity index (χ2v) is 6.88. The van der Waals surface area contributed by atoms with Gasteiger partial charge in [0.2, 0.25) is 0 Å². The second-order valence-electron chi connectivity index (χ2n) is 6.88. The van der Waals surface area contributed by atoms with Gasteiger partial charge in [-0.15, -0.1) is 0 Å². The predicted octanol–water partition coefficient (Wildman–Crippen LogP) is 3.99. The lowest BCUT2D eigenvalue weighted by atomic mass is 9.98. The van der Waals surface area contributed by atoms with Crippen molar-refractivity contribution in [3.05, 3.63) is 23.5 Å². The third-order valence-electron chi connectivity index (χ3n) is 3.70. The smallest absolute Gasteiger partial charge is 0.142 e. The van der Waals surface area contributed by atoms with E-state index in [2.05, 4.69) is 37.1 Å². The molecule has 1 heterocycles. The topological polar surface area (TPSA) is 34.1 Å². The van der Waals surface area contributed by atoms with E-state index in [1.54, 1.807) is 0 Å². The van der Waals surface area contributed by atoms with Gasteiger partial charge in [-0.1, -0.05) is 6.42 Å². The summed E-state index contributed by atoms with van der Waals surface area (Å²) in [5, 5.41) is 3.50. The maximum absolute atomic E-state index is 6.20. The summed E-state index contributed by atoms with van der Waals surface area (Å²) in [6.07, 6.45) is 6.67. The van der Waals surface area contributed by atoms with Crippen molar-refractivity contribution in [2.45, 2.75) is 78.0 Å². The molecule has 1 aromatic rings. The molecule has 20 heavy (non-hydrogen) atoms. The number of ether oxygens (including phenoxy) is 1. The van der Waals surface area contributed by atoms with E-state index in [-0.39, 0.29) is 5.54 Å². The van der Waals surface area contributed by atoms with E-state index in [0.29, 0.717) is 6.10 Å². The first-order chi connectivity index (χ1) is 9.44. The molecule has 0 saturated heterocycles. The molecule has 0 spiro atoms. The molecule has 1 N–H and O–H groups in total.